The lowest BCUT2D eigenvalue weighted by atomic mass is 10.3. The van der Waals surface area contributed by atoms with E-state index >= 15 is 0 Å². The highest BCUT2D eigenvalue weighted by Gasteiger charge is 2.12. The molecule has 0 spiro atoms. The van der Waals surface area contributed by atoms with Crippen molar-refractivity contribution in [3.63, 3.8) is 0 Å². The highest BCUT2D eigenvalue weighted by Crippen LogP contribution is 2.28. The van der Waals surface area contributed by atoms with Gasteiger partial charge in [-0.25, -0.2) is 0 Å². The third kappa shape index (κ3) is 3.49. The van der Waals surface area contributed by atoms with Gasteiger partial charge in [-0.15, -0.1) is 0 Å². The molecule has 6 heteroatoms. The first kappa shape index (κ1) is 11.9. The quantitative estimate of drug-likeness (QED) is 0.470. The van der Waals surface area contributed by atoms with Crippen LogP contribution >= 0.6 is 15.9 Å². The normalized spacial score (nSPS) is 10.0. The molecular weight excluding hydrogens is 266 g/mol. The maximum Gasteiger partial charge on any atom is 0.287 e. The predicted octanol–water partition coefficient (Wildman–Crippen LogP) is 2.38. The Morgan fingerprint density at radius 1 is 1.47 bits per heavy atom. The Hall–Kier alpha value is -1.14. The summed E-state index contributed by atoms with van der Waals surface area (Å²) >= 11 is 3.09. The first-order valence-electron chi connectivity index (χ1n) is 4.21. The Labute approximate surface area is 95.3 Å². The van der Waals surface area contributed by atoms with Crippen molar-refractivity contribution >= 4 is 21.6 Å². The average Bonchev–Trinajstić information content (AvgIpc) is 2.20. The van der Waals surface area contributed by atoms with Crippen molar-refractivity contribution in [3.8, 4) is 5.75 Å². The van der Waals surface area contributed by atoms with Crippen molar-refractivity contribution in [2.24, 2.45) is 0 Å². The summed E-state index contributed by atoms with van der Waals surface area (Å²) in [6.45, 7) is 0.819. The van der Waals surface area contributed by atoms with E-state index in [9.17, 15) is 10.1 Å². The Morgan fingerprint density at radius 3 is 2.80 bits per heavy atom. The minimum Gasteiger partial charge on any atom is -0.491 e. The molecule has 0 N–H and O–H groups in total. The van der Waals surface area contributed by atoms with Crippen LogP contribution in [-0.4, -0.2) is 25.2 Å². The molecule has 0 saturated heterocycles. The lowest BCUT2D eigenvalue weighted by Gasteiger charge is -2.05. The fourth-order valence-electron chi connectivity index (χ4n) is 0.965. The Balaban J connectivity index is 2.74. The molecule has 0 fully saturated rings. The van der Waals surface area contributed by atoms with Gasteiger partial charge in [0.15, 0.2) is 0 Å². The number of hydrogen-bond donors (Lipinski definition) is 0. The molecule has 1 aromatic rings. The molecular formula is C9H10BrNO4. The Bertz CT molecular complexity index is 356. The maximum atomic E-state index is 10.6. The monoisotopic (exact) mass is 275 g/mol. The van der Waals surface area contributed by atoms with Crippen molar-refractivity contribution in [2.45, 2.75) is 0 Å². The van der Waals surface area contributed by atoms with E-state index < -0.39 is 4.92 Å². The minimum atomic E-state index is -0.465. The van der Waals surface area contributed by atoms with E-state index in [4.69, 9.17) is 9.47 Å². The molecule has 0 unspecified atom stereocenters. The smallest absolute Gasteiger partial charge is 0.287 e. The zero-order valence-electron chi connectivity index (χ0n) is 8.10. The lowest BCUT2D eigenvalue weighted by molar-refractivity contribution is -0.385. The van der Waals surface area contributed by atoms with Gasteiger partial charge in [0.05, 0.1) is 22.1 Å². The molecule has 0 saturated carbocycles. The van der Waals surface area contributed by atoms with Crippen LogP contribution in [-0.2, 0) is 4.74 Å². The van der Waals surface area contributed by atoms with Crippen LogP contribution in [0.3, 0.4) is 0 Å². The second-order valence-electron chi connectivity index (χ2n) is 2.71. The number of nitrogens with zero attached hydrogens (tertiary/aromatic N) is 1. The number of ether oxygens (including phenoxy) is 2. The van der Waals surface area contributed by atoms with Crippen LogP contribution in [0.15, 0.2) is 22.7 Å². The van der Waals surface area contributed by atoms with Gasteiger partial charge in [0.1, 0.15) is 12.4 Å². The first-order valence-corrected chi connectivity index (χ1v) is 5.00. The number of nitro groups is 1. The molecule has 0 aliphatic carbocycles. The van der Waals surface area contributed by atoms with Gasteiger partial charge in [-0.2, -0.15) is 0 Å². The van der Waals surface area contributed by atoms with Gasteiger partial charge in [-0.1, -0.05) is 0 Å². The summed E-state index contributed by atoms with van der Waals surface area (Å²) in [6.07, 6.45) is 0. The van der Waals surface area contributed by atoms with Crippen molar-refractivity contribution in [1.82, 2.24) is 0 Å². The van der Waals surface area contributed by atoms with E-state index in [1.54, 1.807) is 19.2 Å². The summed E-state index contributed by atoms with van der Waals surface area (Å²) in [6, 6.07) is 4.62. The van der Waals surface area contributed by atoms with Crippen molar-refractivity contribution in [1.29, 1.82) is 0 Å². The van der Waals surface area contributed by atoms with Crippen LogP contribution in [0, 0.1) is 10.1 Å². The summed E-state index contributed by atoms with van der Waals surface area (Å²) < 4.78 is 10.5. The van der Waals surface area contributed by atoms with E-state index in [1.807, 2.05) is 0 Å². The third-order valence-corrected chi connectivity index (χ3v) is 2.34. The largest absolute Gasteiger partial charge is 0.491 e. The number of benzene rings is 1. The van der Waals surface area contributed by atoms with E-state index in [0.717, 1.165) is 0 Å². The number of nitro benzene ring substituents is 1. The lowest BCUT2D eigenvalue weighted by Crippen LogP contribution is -2.04. The Kier molecular flexibility index (Phi) is 4.51. The second-order valence-corrected chi connectivity index (χ2v) is 3.57. The predicted molar refractivity (Wildman–Crippen MR) is 58.2 cm³/mol. The summed E-state index contributed by atoms with van der Waals surface area (Å²) in [4.78, 5) is 10.1. The minimum absolute atomic E-state index is 0.00934. The summed E-state index contributed by atoms with van der Waals surface area (Å²) in [5.74, 6) is 0.460. The molecule has 0 aliphatic rings. The van der Waals surface area contributed by atoms with E-state index in [1.165, 1.54) is 6.07 Å². The second kappa shape index (κ2) is 5.67. The van der Waals surface area contributed by atoms with E-state index in [2.05, 4.69) is 15.9 Å². The standard InChI is InChI=1S/C9H10BrNO4/c1-14-4-5-15-7-2-3-8(10)9(6-7)11(12)13/h2-3,6H,4-5H2,1H3. The zero-order chi connectivity index (χ0) is 11.3. The van der Waals surface area contributed by atoms with Gasteiger partial charge in [0.25, 0.3) is 5.69 Å². The highest BCUT2D eigenvalue weighted by molar-refractivity contribution is 9.10. The molecule has 0 aliphatic heterocycles. The number of halogens is 1. The fourth-order valence-corrected chi connectivity index (χ4v) is 1.36. The maximum absolute atomic E-state index is 10.6. The molecule has 0 heterocycles. The molecule has 0 amide bonds. The van der Waals surface area contributed by atoms with Gasteiger partial charge >= 0.3 is 0 Å². The van der Waals surface area contributed by atoms with Gasteiger partial charge in [-0.05, 0) is 28.1 Å². The van der Waals surface area contributed by atoms with Crippen LogP contribution in [0.5, 0.6) is 5.75 Å². The summed E-state index contributed by atoms with van der Waals surface area (Å²) in [5.41, 5.74) is -0.00934. The SMILES string of the molecule is COCCOc1ccc(Br)c([N+](=O)[O-])c1. The van der Waals surface area contributed by atoms with E-state index in [-0.39, 0.29) is 5.69 Å². The number of rotatable bonds is 5. The fraction of sp³-hybridized carbons (Fsp3) is 0.333. The number of methoxy groups -OCH3 is 1. The molecule has 0 radical (unpaired) electrons. The van der Waals surface area contributed by atoms with Crippen molar-refractivity contribution in [3.05, 3.63) is 32.8 Å². The van der Waals surface area contributed by atoms with Crippen LogP contribution in [0.25, 0.3) is 0 Å². The summed E-state index contributed by atoms with van der Waals surface area (Å²) in [5, 5.41) is 10.6. The molecule has 82 valence electrons. The van der Waals surface area contributed by atoms with Crippen LogP contribution in [0.2, 0.25) is 0 Å². The molecule has 0 atom stereocenters. The van der Waals surface area contributed by atoms with Gasteiger partial charge in [0.2, 0.25) is 0 Å². The average molecular weight is 276 g/mol. The van der Waals surface area contributed by atoms with E-state index in [0.29, 0.717) is 23.4 Å². The summed E-state index contributed by atoms with van der Waals surface area (Å²) in [7, 11) is 1.56. The van der Waals surface area contributed by atoms with Gasteiger partial charge in [0, 0.05) is 7.11 Å². The zero-order valence-corrected chi connectivity index (χ0v) is 9.69. The van der Waals surface area contributed by atoms with Crippen LogP contribution in [0.1, 0.15) is 0 Å². The number of hydrogen-bond acceptors (Lipinski definition) is 4. The van der Waals surface area contributed by atoms with Gasteiger partial charge in [-0.3, -0.25) is 10.1 Å². The molecule has 0 aromatic heterocycles. The van der Waals surface area contributed by atoms with Crippen LogP contribution < -0.4 is 4.74 Å². The first-order chi connectivity index (χ1) is 7.15. The molecule has 1 aromatic carbocycles. The van der Waals surface area contributed by atoms with Crippen LogP contribution in [0.4, 0.5) is 5.69 Å². The van der Waals surface area contributed by atoms with Gasteiger partial charge < -0.3 is 9.47 Å². The Morgan fingerprint density at radius 2 is 2.20 bits per heavy atom. The molecule has 15 heavy (non-hydrogen) atoms. The third-order valence-electron chi connectivity index (χ3n) is 1.67. The molecule has 0 bridgehead atoms. The topological polar surface area (TPSA) is 61.6 Å². The van der Waals surface area contributed by atoms with Crippen molar-refractivity contribution < 1.29 is 14.4 Å². The molecule has 5 nitrogen and oxygen atoms in total. The van der Waals surface area contributed by atoms with Crippen molar-refractivity contribution in [2.75, 3.05) is 20.3 Å². The highest BCUT2D eigenvalue weighted by atomic mass is 79.9. The molecule has 1 rings (SSSR count).